The molecule has 0 saturated heterocycles. The van der Waals surface area contributed by atoms with E-state index < -0.39 is 8.24 Å². The molecule has 5 heteroatoms. The van der Waals surface area contributed by atoms with Gasteiger partial charge in [-0.1, -0.05) is 66.7 Å². The lowest BCUT2D eigenvalue weighted by Gasteiger charge is -2.05. The van der Waals surface area contributed by atoms with Crippen molar-refractivity contribution in [1.29, 1.82) is 0 Å². The van der Waals surface area contributed by atoms with Crippen LogP contribution in [0, 0.1) is 0 Å². The molecule has 0 aliphatic rings. The van der Waals surface area contributed by atoms with E-state index in [2.05, 4.69) is 65.6 Å². The standard InChI is InChI=1S/C27H20NO3P/c1-3-10-22-19(7-1)12-14-24-26(22)27-23-11-4-2-8-20(23)13-15-25(27)31-32(30-24)29-18-16-21-9-5-6-17-28-21/h1-15,17H,16,18H2. The molecule has 32 heavy (non-hydrogen) atoms. The van der Waals surface area contributed by atoms with Gasteiger partial charge in [0.15, 0.2) is 0 Å². The molecule has 0 aliphatic heterocycles. The van der Waals surface area contributed by atoms with Gasteiger partial charge < -0.3 is 8.39 Å². The fourth-order valence-electron chi connectivity index (χ4n) is 4.17. The van der Waals surface area contributed by atoms with E-state index >= 15 is 0 Å². The lowest BCUT2D eigenvalue weighted by Crippen LogP contribution is -2.00. The van der Waals surface area contributed by atoms with Gasteiger partial charge in [-0.05, 0) is 45.8 Å². The zero-order valence-corrected chi connectivity index (χ0v) is 18.2. The molecule has 0 unspecified atom stereocenters. The Morgan fingerprint density at radius 2 is 1.25 bits per heavy atom. The highest BCUT2D eigenvalue weighted by Crippen LogP contribution is 2.40. The smallest absolute Gasteiger partial charge is 0.387 e. The van der Waals surface area contributed by atoms with Crippen LogP contribution in [0.4, 0.5) is 0 Å². The number of nitrogens with zero attached hydrogens (tertiary/aromatic N) is 1. The van der Waals surface area contributed by atoms with E-state index in [9.17, 15) is 0 Å². The summed E-state index contributed by atoms with van der Waals surface area (Å²) in [5.41, 5.74) is 2.54. The van der Waals surface area contributed by atoms with Gasteiger partial charge in [-0.25, -0.2) is 0 Å². The highest BCUT2D eigenvalue weighted by molar-refractivity contribution is 7.31. The molecule has 0 bridgehead atoms. The Labute approximate surface area is 185 Å². The van der Waals surface area contributed by atoms with Crippen LogP contribution in [-0.2, 0) is 6.42 Å². The normalized spacial score (nSPS) is 11.5. The fraction of sp³-hybridized carbons (Fsp3) is 0.0741. The van der Waals surface area contributed by atoms with Crippen LogP contribution in [0.15, 0.2) is 106 Å². The van der Waals surface area contributed by atoms with E-state index in [0.717, 1.165) is 49.2 Å². The number of aromatic nitrogens is 1. The molecule has 0 atom stereocenters. The van der Waals surface area contributed by atoms with Crippen LogP contribution in [0.25, 0.3) is 43.5 Å². The number of pyridine rings is 1. The first-order valence-corrected chi connectivity index (χ1v) is 11.7. The summed E-state index contributed by atoms with van der Waals surface area (Å²) in [7, 11) is -1.61. The van der Waals surface area contributed by atoms with Crippen molar-refractivity contribution in [2.24, 2.45) is 0 Å². The van der Waals surface area contributed by atoms with E-state index in [1.165, 1.54) is 0 Å². The van der Waals surface area contributed by atoms with Crippen LogP contribution in [0.3, 0.4) is 0 Å². The quantitative estimate of drug-likeness (QED) is 0.284. The van der Waals surface area contributed by atoms with Crippen LogP contribution >= 0.6 is 8.24 Å². The van der Waals surface area contributed by atoms with Crippen molar-refractivity contribution in [3.8, 4) is 0 Å². The van der Waals surface area contributed by atoms with Crippen molar-refractivity contribution in [2.75, 3.05) is 6.61 Å². The van der Waals surface area contributed by atoms with Crippen molar-refractivity contribution in [1.82, 2.24) is 4.98 Å². The summed E-state index contributed by atoms with van der Waals surface area (Å²) in [4.78, 5) is 4.37. The predicted octanol–water partition coefficient (Wildman–Crippen LogP) is 7.66. The molecule has 6 rings (SSSR count). The van der Waals surface area contributed by atoms with E-state index in [1.54, 1.807) is 6.20 Å². The Morgan fingerprint density at radius 1 is 0.656 bits per heavy atom. The number of fused-ring (bicyclic) bond motifs is 7. The van der Waals surface area contributed by atoms with E-state index in [0.29, 0.717) is 13.0 Å². The van der Waals surface area contributed by atoms with Gasteiger partial charge in [0.25, 0.3) is 0 Å². The zero-order chi connectivity index (χ0) is 21.3. The third kappa shape index (κ3) is 3.44. The maximum absolute atomic E-state index is 6.33. The van der Waals surface area contributed by atoms with E-state index in [4.69, 9.17) is 12.9 Å². The molecule has 0 radical (unpaired) electrons. The summed E-state index contributed by atoms with van der Waals surface area (Å²) >= 11 is 0. The average Bonchev–Trinajstić information content (AvgIpc) is 3.01. The van der Waals surface area contributed by atoms with Crippen molar-refractivity contribution in [2.45, 2.75) is 6.42 Å². The SMILES string of the molecule is c1ccc(CCOp2oc3ccc4ccccc4c3c3c(ccc4ccccc43)o2)nc1. The van der Waals surface area contributed by atoms with E-state index in [-0.39, 0.29) is 0 Å². The minimum absolute atomic E-state index is 0.467. The molecule has 0 spiro atoms. The lowest BCUT2D eigenvalue weighted by atomic mass is 9.99. The van der Waals surface area contributed by atoms with Gasteiger partial charge >= 0.3 is 8.24 Å². The molecule has 4 nitrogen and oxygen atoms in total. The Hall–Kier alpha value is -3.59. The van der Waals surface area contributed by atoms with Crippen molar-refractivity contribution < 1.29 is 12.9 Å². The van der Waals surface area contributed by atoms with Gasteiger partial charge in [0, 0.05) is 29.1 Å². The molecule has 2 heterocycles. The molecule has 4 aromatic carbocycles. The van der Waals surface area contributed by atoms with Crippen LogP contribution in [0.1, 0.15) is 5.69 Å². The third-order valence-corrected chi connectivity index (χ3v) is 6.74. The maximum atomic E-state index is 6.33. The summed E-state index contributed by atoms with van der Waals surface area (Å²) in [5.74, 6) is 0. The zero-order valence-electron chi connectivity index (χ0n) is 17.3. The van der Waals surface area contributed by atoms with E-state index in [1.807, 2.05) is 30.3 Å². The van der Waals surface area contributed by atoms with Crippen LogP contribution in [-0.4, -0.2) is 11.6 Å². The topological polar surface area (TPSA) is 48.4 Å². The van der Waals surface area contributed by atoms with Gasteiger partial charge in [-0.15, -0.1) is 0 Å². The molecular weight excluding hydrogens is 417 g/mol. The predicted molar refractivity (Wildman–Crippen MR) is 131 cm³/mol. The first-order chi connectivity index (χ1) is 15.9. The number of hydrogen-bond donors (Lipinski definition) is 0. The second kappa shape index (κ2) is 8.16. The van der Waals surface area contributed by atoms with Crippen molar-refractivity contribution >= 4 is 51.7 Å². The van der Waals surface area contributed by atoms with Crippen LogP contribution in [0.2, 0.25) is 0 Å². The first-order valence-electron chi connectivity index (χ1n) is 10.6. The number of hydrogen-bond acceptors (Lipinski definition) is 4. The second-order valence-corrected chi connectivity index (χ2v) is 8.70. The van der Waals surface area contributed by atoms with Gasteiger partial charge in [-0.2, -0.15) is 0 Å². The molecule has 0 amide bonds. The number of benzene rings is 4. The number of rotatable bonds is 4. The average molecular weight is 437 g/mol. The Kier molecular flexibility index (Phi) is 4.87. The minimum Gasteiger partial charge on any atom is -0.399 e. The summed E-state index contributed by atoms with van der Waals surface area (Å²) in [6.45, 7) is 0.467. The molecular formula is C27H20NO3P. The summed E-state index contributed by atoms with van der Waals surface area (Å²) < 4.78 is 18.8. The monoisotopic (exact) mass is 437 g/mol. The third-order valence-electron chi connectivity index (χ3n) is 5.66. The van der Waals surface area contributed by atoms with Crippen molar-refractivity contribution in [3.05, 3.63) is 103 Å². The van der Waals surface area contributed by atoms with Gasteiger partial charge in [0.1, 0.15) is 11.2 Å². The molecule has 156 valence electrons. The van der Waals surface area contributed by atoms with Gasteiger partial charge in [-0.3, -0.25) is 9.51 Å². The fourth-order valence-corrected chi connectivity index (χ4v) is 5.18. The Balaban J connectivity index is 1.60. The highest BCUT2D eigenvalue weighted by atomic mass is 31.1. The van der Waals surface area contributed by atoms with Crippen molar-refractivity contribution in [3.63, 3.8) is 0 Å². The molecule has 0 saturated carbocycles. The summed E-state index contributed by atoms with van der Waals surface area (Å²) in [5, 5.41) is 6.70. The largest absolute Gasteiger partial charge is 0.399 e. The minimum atomic E-state index is -1.61. The molecule has 2 aromatic heterocycles. The van der Waals surface area contributed by atoms with Gasteiger partial charge in [0.05, 0.1) is 6.61 Å². The highest BCUT2D eigenvalue weighted by Gasteiger charge is 2.13. The van der Waals surface area contributed by atoms with Crippen LogP contribution < -0.4 is 4.52 Å². The Bertz CT molecular complexity index is 1510. The Morgan fingerprint density at radius 3 is 1.84 bits per heavy atom. The molecule has 0 fully saturated rings. The molecule has 6 aromatic rings. The summed E-state index contributed by atoms with van der Waals surface area (Å²) in [6.07, 6.45) is 2.49. The first kappa shape index (κ1) is 19.1. The van der Waals surface area contributed by atoms with Gasteiger partial charge in [0.2, 0.25) is 0 Å². The molecule has 0 aliphatic carbocycles. The molecule has 0 N–H and O–H groups in total. The summed E-state index contributed by atoms with van der Waals surface area (Å²) in [6, 6.07) is 30.9. The van der Waals surface area contributed by atoms with Crippen LogP contribution in [0.5, 0.6) is 0 Å². The second-order valence-electron chi connectivity index (χ2n) is 7.63. The lowest BCUT2D eigenvalue weighted by molar-refractivity contribution is 0.375. The maximum Gasteiger partial charge on any atom is 0.387 e.